The quantitative estimate of drug-likeness (QED) is 0.456. The zero-order chi connectivity index (χ0) is 22.6. The van der Waals surface area contributed by atoms with Gasteiger partial charge in [0.05, 0.1) is 39.9 Å². The van der Waals surface area contributed by atoms with Crippen molar-refractivity contribution in [3.63, 3.8) is 0 Å². The summed E-state index contributed by atoms with van der Waals surface area (Å²) in [6.45, 7) is 4.18. The first-order valence-electron chi connectivity index (χ1n) is 11.5. The molecule has 1 spiro atoms. The van der Waals surface area contributed by atoms with Crippen LogP contribution in [0.1, 0.15) is 63.3 Å². The van der Waals surface area contributed by atoms with Gasteiger partial charge < -0.3 is 9.73 Å². The molecule has 0 unspecified atom stereocenters. The standard InChI is InChI=1S/C25H25N7O/c1-15(2)29-20-9-21(22-5-4-18-8-16(12-26)13-28-32(18)22)27-14-19(20)24-31-30-23(33-24)17-10-25(11-17)6-3-7-25/h4-5,8-9,13-15,17H,3,6-7,10-11H2,1-2H3,(H,27,29). The zero-order valence-corrected chi connectivity index (χ0v) is 18.7. The molecule has 2 aliphatic rings. The fraction of sp³-hybridized carbons (Fsp3) is 0.400. The molecular weight excluding hydrogens is 414 g/mol. The molecule has 2 aliphatic carbocycles. The molecule has 2 fully saturated rings. The van der Waals surface area contributed by atoms with E-state index in [1.165, 1.54) is 32.1 Å². The van der Waals surface area contributed by atoms with Gasteiger partial charge in [0, 0.05) is 18.2 Å². The highest BCUT2D eigenvalue weighted by molar-refractivity contribution is 5.77. The van der Waals surface area contributed by atoms with Gasteiger partial charge in [-0.05, 0) is 69.2 Å². The van der Waals surface area contributed by atoms with Crippen molar-refractivity contribution >= 4 is 11.2 Å². The van der Waals surface area contributed by atoms with Gasteiger partial charge in [0.15, 0.2) is 0 Å². The number of nitrogens with one attached hydrogen (secondary N) is 1. The summed E-state index contributed by atoms with van der Waals surface area (Å²) in [5.41, 5.74) is 5.24. The van der Waals surface area contributed by atoms with Crippen LogP contribution in [-0.4, -0.2) is 30.8 Å². The Morgan fingerprint density at radius 1 is 1.18 bits per heavy atom. The molecule has 1 N–H and O–H groups in total. The molecule has 4 heterocycles. The summed E-state index contributed by atoms with van der Waals surface area (Å²) in [6.07, 6.45) is 9.74. The highest BCUT2D eigenvalue weighted by atomic mass is 16.4. The van der Waals surface area contributed by atoms with Crippen molar-refractivity contribution in [2.24, 2.45) is 5.41 Å². The lowest BCUT2D eigenvalue weighted by molar-refractivity contribution is 0.000233. The van der Waals surface area contributed by atoms with E-state index >= 15 is 0 Å². The first kappa shape index (κ1) is 19.9. The SMILES string of the molecule is CC(C)Nc1cc(-c2ccc3cc(C#N)cnn23)ncc1-c1nnc(C2CC3(CCC3)C2)o1. The lowest BCUT2D eigenvalue weighted by Crippen LogP contribution is -2.41. The van der Waals surface area contributed by atoms with Gasteiger partial charge in [0.1, 0.15) is 6.07 Å². The minimum atomic E-state index is 0.215. The Hall–Kier alpha value is -3.73. The second-order valence-electron chi connectivity index (χ2n) is 9.73. The van der Waals surface area contributed by atoms with Crippen molar-refractivity contribution in [3.05, 3.63) is 48.1 Å². The third-order valence-corrected chi connectivity index (χ3v) is 7.03. The molecule has 4 aromatic heterocycles. The number of aromatic nitrogens is 5. The van der Waals surface area contributed by atoms with E-state index in [1.807, 2.05) is 24.3 Å². The van der Waals surface area contributed by atoms with Crippen molar-refractivity contribution in [1.82, 2.24) is 24.8 Å². The minimum absolute atomic E-state index is 0.215. The fourth-order valence-electron chi connectivity index (χ4n) is 5.20. The number of pyridine rings is 1. The molecule has 0 amide bonds. The molecule has 8 heteroatoms. The van der Waals surface area contributed by atoms with E-state index < -0.39 is 0 Å². The van der Waals surface area contributed by atoms with E-state index in [0.717, 1.165) is 34.0 Å². The third kappa shape index (κ3) is 3.35. The van der Waals surface area contributed by atoms with E-state index in [9.17, 15) is 0 Å². The molecule has 0 radical (unpaired) electrons. The Labute approximate surface area is 191 Å². The van der Waals surface area contributed by atoms with Crippen LogP contribution in [-0.2, 0) is 0 Å². The molecule has 0 saturated heterocycles. The van der Waals surface area contributed by atoms with Crippen LogP contribution >= 0.6 is 0 Å². The number of nitriles is 1. The Morgan fingerprint density at radius 2 is 2.03 bits per heavy atom. The fourth-order valence-corrected chi connectivity index (χ4v) is 5.20. The summed E-state index contributed by atoms with van der Waals surface area (Å²) in [6, 6.07) is 10.0. The maximum atomic E-state index is 9.14. The van der Waals surface area contributed by atoms with Crippen LogP contribution in [0.15, 0.2) is 41.1 Å². The number of hydrogen-bond acceptors (Lipinski definition) is 7. The molecule has 0 aliphatic heterocycles. The molecule has 0 atom stereocenters. The zero-order valence-electron chi connectivity index (χ0n) is 18.7. The molecule has 33 heavy (non-hydrogen) atoms. The summed E-state index contributed by atoms with van der Waals surface area (Å²) in [7, 11) is 0. The van der Waals surface area contributed by atoms with E-state index in [1.54, 1.807) is 16.9 Å². The van der Waals surface area contributed by atoms with Crippen molar-refractivity contribution in [1.29, 1.82) is 5.26 Å². The molecule has 0 bridgehead atoms. The number of nitrogens with zero attached hydrogens (tertiary/aromatic N) is 6. The van der Waals surface area contributed by atoms with Gasteiger partial charge in [-0.2, -0.15) is 10.4 Å². The van der Waals surface area contributed by atoms with Crippen molar-refractivity contribution in [2.75, 3.05) is 5.32 Å². The van der Waals surface area contributed by atoms with E-state index in [-0.39, 0.29) is 6.04 Å². The minimum Gasteiger partial charge on any atom is -0.420 e. The van der Waals surface area contributed by atoms with Crippen LogP contribution in [0.25, 0.3) is 28.4 Å². The molecule has 166 valence electrons. The van der Waals surface area contributed by atoms with Gasteiger partial charge in [-0.1, -0.05) is 6.42 Å². The summed E-state index contributed by atoms with van der Waals surface area (Å²) < 4.78 is 7.93. The topological polar surface area (TPSA) is 105 Å². The predicted molar refractivity (Wildman–Crippen MR) is 123 cm³/mol. The van der Waals surface area contributed by atoms with Crippen molar-refractivity contribution in [3.8, 4) is 28.9 Å². The van der Waals surface area contributed by atoms with Gasteiger partial charge in [-0.25, -0.2) is 4.52 Å². The first-order chi connectivity index (χ1) is 16.0. The molecule has 6 rings (SSSR count). The average Bonchev–Trinajstić information content (AvgIpc) is 3.38. The first-order valence-corrected chi connectivity index (χ1v) is 11.5. The highest BCUT2D eigenvalue weighted by Crippen LogP contribution is 2.61. The smallest absolute Gasteiger partial charge is 0.251 e. The molecule has 8 nitrogen and oxygen atoms in total. The number of fused-ring (bicyclic) bond motifs is 1. The summed E-state index contributed by atoms with van der Waals surface area (Å²) in [5, 5.41) is 25.8. The van der Waals surface area contributed by atoms with Crippen LogP contribution in [0, 0.1) is 16.7 Å². The van der Waals surface area contributed by atoms with Crippen LogP contribution < -0.4 is 5.32 Å². The lowest BCUT2D eigenvalue weighted by atomic mass is 9.52. The van der Waals surface area contributed by atoms with Gasteiger partial charge in [0.2, 0.25) is 5.89 Å². The van der Waals surface area contributed by atoms with Crippen LogP contribution in [0.3, 0.4) is 0 Å². The number of hydrogen-bond donors (Lipinski definition) is 1. The number of rotatable bonds is 5. The van der Waals surface area contributed by atoms with Crippen LogP contribution in [0.4, 0.5) is 5.69 Å². The third-order valence-electron chi connectivity index (χ3n) is 7.03. The van der Waals surface area contributed by atoms with E-state index in [2.05, 4.69) is 40.5 Å². The van der Waals surface area contributed by atoms with Crippen molar-refractivity contribution < 1.29 is 4.42 Å². The normalized spacial score (nSPS) is 17.2. The Kier molecular flexibility index (Phi) is 4.47. The molecular formula is C25H25N7O. The maximum Gasteiger partial charge on any atom is 0.251 e. The second-order valence-corrected chi connectivity index (χ2v) is 9.73. The predicted octanol–water partition coefficient (Wildman–Crippen LogP) is 5.19. The molecule has 0 aromatic carbocycles. The molecule has 4 aromatic rings. The number of anilines is 1. The molecule has 2 saturated carbocycles. The average molecular weight is 440 g/mol. The Morgan fingerprint density at radius 3 is 2.76 bits per heavy atom. The summed E-state index contributed by atoms with van der Waals surface area (Å²) >= 11 is 0. The van der Waals surface area contributed by atoms with Gasteiger partial charge >= 0.3 is 0 Å². The second kappa shape index (κ2) is 7.41. The summed E-state index contributed by atoms with van der Waals surface area (Å²) in [5.74, 6) is 1.63. The monoisotopic (exact) mass is 439 g/mol. The van der Waals surface area contributed by atoms with Gasteiger partial charge in [-0.15, -0.1) is 10.2 Å². The van der Waals surface area contributed by atoms with Crippen LogP contribution in [0.5, 0.6) is 0 Å². The summed E-state index contributed by atoms with van der Waals surface area (Å²) in [4.78, 5) is 4.70. The highest BCUT2D eigenvalue weighted by Gasteiger charge is 2.50. The largest absolute Gasteiger partial charge is 0.420 e. The van der Waals surface area contributed by atoms with E-state index in [0.29, 0.717) is 22.8 Å². The maximum absolute atomic E-state index is 9.14. The van der Waals surface area contributed by atoms with Crippen LogP contribution in [0.2, 0.25) is 0 Å². The Balaban J connectivity index is 1.34. The van der Waals surface area contributed by atoms with Gasteiger partial charge in [-0.3, -0.25) is 4.98 Å². The van der Waals surface area contributed by atoms with Crippen molar-refractivity contribution in [2.45, 2.75) is 57.9 Å². The van der Waals surface area contributed by atoms with E-state index in [4.69, 9.17) is 14.7 Å². The van der Waals surface area contributed by atoms with Gasteiger partial charge in [0.25, 0.3) is 5.89 Å². The lowest BCUT2D eigenvalue weighted by Gasteiger charge is -2.53. The Bertz CT molecular complexity index is 1380.